The van der Waals surface area contributed by atoms with Crippen molar-refractivity contribution < 1.29 is 19.2 Å². The first-order valence-electron chi connectivity index (χ1n) is 8.73. The molecule has 0 spiro atoms. The summed E-state index contributed by atoms with van der Waals surface area (Å²) in [5.74, 6) is -1.19. The van der Waals surface area contributed by atoms with Crippen LogP contribution in [0.4, 0.5) is 10.5 Å². The number of imide groups is 1. The summed E-state index contributed by atoms with van der Waals surface area (Å²) in [6.45, 7) is 6.39. The minimum absolute atomic E-state index is 0.0165. The summed E-state index contributed by atoms with van der Waals surface area (Å²) < 4.78 is 0. The van der Waals surface area contributed by atoms with E-state index < -0.39 is 17.8 Å². The number of rotatable bonds is 9. The average Bonchev–Trinajstić information content (AvgIpc) is 2.58. The van der Waals surface area contributed by atoms with Gasteiger partial charge in [0.1, 0.15) is 0 Å². The van der Waals surface area contributed by atoms with Crippen molar-refractivity contribution in [2.24, 2.45) is 5.73 Å². The molecule has 0 saturated carbocycles. The topological polar surface area (TPSA) is 134 Å². The fourth-order valence-corrected chi connectivity index (χ4v) is 2.22. The molecule has 5 N–H and O–H groups in total. The zero-order valence-electron chi connectivity index (χ0n) is 15.9. The molecule has 1 rings (SSSR count). The molecular weight excluding hydrogens is 350 g/mol. The maximum absolute atomic E-state index is 12.0. The highest BCUT2D eigenvalue weighted by atomic mass is 16.2. The van der Waals surface area contributed by atoms with Crippen molar-refractivity contribution in [2.75, 3.05) is 25.0 Å². The number of amides is 5. The molecule has 0 saturated heterocycles. The van der Waals surface area contributed by atoms with Crippen LogP contribution in [0.2, 0.25) is 0 Å². The summed E-state index contributed by atoms with van der Waals surface area (Å²) in [6.07, 6.45) is 0.177. The van der Waals surface area contributed by atoms with Crippen molar-refractivity contribution in [3.05, 3.63) is 29.8 Å². The first-order valence-corrected chi connectivity index (χ1v) is 8.73. The zero-order chi connectivity index (χ0) is 20.4. The molecule has 0 atom stereocenters. The van der Waals surface area contributed by atoms with Gasteiger partial charge in [-0.3, -0.25) is 24.6 Å². The third kappa shape index (κ3) is 8.82. The Morgan fingerprint density at radius 1 is 1.07 bits per heavy atom. The van der Waals surface area contributed by atoms with E-state index in [-0.39, 0.29) is 24.9 Å². The number of primary amides is 1. The molecule has 1 aromatic rings. The summed E-state index contributed by atoms with van der Waals surface area (Å²) in [5, 5.41) is 7.53. The van der Waals surface area contributed by atoms with Gasteiger partial charge in [-0.25, -0.2) is 4.79 Å². The number of likely N-dealkylation sites (N-methyl/N-ethyl adjacent to an activating group) is 1. The number of benzene rings is 1. The van der Waals surface area contributed by atoms with Crippen molar-refractivity contribution >= 4 is 29.4 Å². The standard InChI is InChI=1S/C18H27N5O4/c1-4-23(11-16(25)22-18(27)20-12(2)3)10-9-15(24)21-14-7-5-13(6-8-14)17(19)26/h5-8,12H,4,9-11H2,1-3H3,(H2,19,26)(H,21,24)(H2,20,22,25,27). The highest BCUT2D eigenvalue weighted by Gasteiger charge is 2.14. The van der Waals surface area contributed by atoms with E-state index >= 15 is 0 Å². The molecule has 148 valence electrons. The fourth-order valence-electron chi connectivity index (χ4n) is 2.22. The Morgan fingerprint density at radius 3 is 2.22 bits per heavy atom. The highest BCUT2D eigenvalue weighted by molar-refractivity contribution is 5.96. The Hall–Kier alpha value is -2.94. The van der Waals surface area contributed by atoms with E-state index in [1.807, 2.05) is 6.92 Å². The maximum Gasteiger partial charge on any atom is 0.321 e. The van der Waals surface area contributed by atoms with Gasteiger partial charge in [0.15, 0.2) is 0 Å². The van der Waals surface area contributed by atoms with Crippen LogP contribution in [0.25, 0.3) is 0 Å². The van der Waals surface area contributed by atoms with Crippen LogP contribution in [-0.2, 0) is 9.59 Å². The number of carbonyl (C=O) groups excluding carboxylic acids is 4. The lowest BCUT2D eigenvalue weighted by molar-refractivity contribution is -0.122. The molecule has 5 amide bonds. The molecule has 0 unspecified atom stereocenters. The Morgan fingerprint density at radius 2 is 1.70 bits per heavy atom. The van der Waals surface area contributed by atoms with Crippen LogP contribution in [0.1, 0.15) is 37.6 Å². The van der Waals surface area contributed by atoms with Gasteiger partial charge in [-0.1, -0.05) is 6.92 Å². The molecule has 0 aliphatic heterocycles. The molecule has 0 aliphatic carbocycles. The molecule has 9 nitrogen and oxygen atoms in total. The van der Waals surface area contributed by atoms with Gasteiger partial charge in [-0.05, 0) is 44.7 Å². The van der Waals surface area contributed by atoms with Gasteiger partial charge >= 0.3 is 6.03 Å². The van der Waals surface area contributed by atoms with Crippen LogP contribution < -0.4 is 21.7 Å². The van der Waals surface area contributed by atoms with E-state index in [4.69, 9.17) is 5.73 Å². The molecule has 0 aliphatic rings. The van der Waals surface area contributed by atoms with Gasteiger partial charge in [0, 0.05) is 30.3 Å². The largest absolute Gasteiger partial charge is 0.366 e. The smallest absolute Gasteiger partial charge is 0.321 e. The van der Waals surface area contributed by atoms with Gasteiger partial charge in [0.2, 0.25) is 17.7 Å². The lowest BCUT2D eigenvalue weighted by atomic mass is 10.2. The number of hydrogen-bond donors (Lipinski definition) is 4. The normalized spacial score (nSPS) is 10.6. The van der Waals surface area contributed by atoms with Crippen molar-refractivity contribution in [3.63, 3.8) is 0 Å². The van der Waals surface area contributed by atoms with Gasteiger partial charge in [0.25, 0.3) is 0 Å². The second-order valence-electron chi connectivity index (χ2n) is 6.28. The molecule has 9 heteroatoms. The second kappa shape index (κ2) is 10.9. The molecule has 0 bridgehead atoms. The summed E-state index contributed by atoms with van der Waals surface area (Å²) in [6, 6.07) is 5.64. The number of urea groups is 1. The molecule has 0 fully saturated rings. The Kier molecular flexibility index (Phi) is 8.94. The molecule has 0 aromatic heterocycles. The summed E-state index contributed by atoms with van der Waals surface area (Å²) in [5.41, 5.74) is 6.08. The summed E-state index contributed by atoms with van der Waals surface area (Å²) in [4.78, 5) is 48.2. The molecule has 0 radical (unpaired) electrons. The Balaban J connectivity index is 2.42. The maximum atomic E-state index is 12.0. The third-order valence-electron chi connectivity index (χ3n) is 3.60. The number of carbonyl (C=O) groups is 4. The van der Waals surface area contributed by atoms with Crippen LogP contribution in [0, 0.1) is 0 Å². The first-order chi connectivity index (χ1) is 12.7. The van der Waals surface area contributed by atoms with Crippen LogP contribution >= 0.6 is 0 Å². The quantitative estimate of drug-likeness (QED) is 0.502. The van der Waals surface area contributed by atoms with Crippen LogP contribution in [0.5, 0.6) is 0 Å². The van der Waals surface area contributed by atoms with E-state index in [0.717, 1.165) is 0 Å². The Labute approximate surface area is 158 Å². The van der Waals surface area contributed by atoms with E-state index in [1.54, 1.807) is 30.9 Å². The van der Waals surface area contributed by atoms with Gasteiger partial charge in [0.05, 0.1) is 6.54 Å². The lowest BCUT2D eigenvalue weighted by Crippen LogP contribution is -2.46. The number of hydrogen-bond acceptors (Lipinski definition) is 5. The second-order valence-corrected chi connectivity index (χ2v) is 6.28. The first kappa shape index (κ1) is 22.1. The summed E-state index contributed by atoms with van der Waals surface area (Å²) >= 11 is 0. The number of nitrogens with one attached hydrogen (secondary N) is 3. The van der Waals surface area contributed by atoms with Crippen molar-refractivity contribution in [1.29, 1.82) is 0 Å². The molecule has 1 aromatic carbocycles. The molecule has 0 heterocycles. The van der Waals surface area contributed by atoms with E-state index in [2.05, 4.69) is 16.0 Å². The van der Waals surface area contributed by atoms with Crippen LogP contribution in [0.15, 0.2) is 24.3 Å². The predicted octanol–water partition coefficient (Wildman–Crippen LogP) is 0.670. The monoisotopic (exact) mass is 377 g/mol. The van der Waals surface area contributed by atoms with Gasteiger partial charge in [-0.15, -0.1) is 0 Å². The Bertz CT molecular complexity index is 673. The highest BCUT2D eigenvalue weighted by Crippen LogP contribution is 2.09. The number of nitrogens with zero attached hydrogens (tertiary/aromatic N) is 1. The van der Waals surface area contributed by atoms with Crippen molar-refractivity contribution in [2.45, 2.75) is 33.2 Å². The van der Waals surface area contributed by atoms with Crippen molar-refractivity contribution in [1.82, 2.24) is 15.5 Å². The van der Waals surface area contributed by atoms with Crippen molar-refractivity contribution in [3.8, 4) is 0 Å². The number of anilines is 1. The molecular formula is C18H27N5O4. The lowest BCUT2D eigenvalue weighted by Gasteiger charge is -2.19. The SMILES string of the molecule is CCN(CCC(=O)Nc1ccc(C(N)=O)cc1)CC(=O)NC(=O)NC(C)C. The minimum atomic E-state index is -0.539. The third-order valence-corrected chi connectivity index (χ3v) is 3.60. The minimum Gasteiger partial charge on any atom is -0.366 e. The zero-order valence-corrected chi connectivity index (χ0v) is 15.9. The van der Waals surface area contributed by atoms with Crippen LogP contribution in [-0.4, -0.2) is 54.3 Å². The molecule has 27 heavy (non-hydrogen) atoms. The summed E-state index contributed by atoms with van der Waals surface area (Å²) in [7, 11) is 0. The average molecular weight is 377 g/mol. The van der Waals surface area contributed by atoms with Crippen LogP contribution in [0.3, 0.4) is 0 Å². The van der Waals surface area contributed by atoms with Gasteiger partial charge < -0.3 is 16.4 Å². The van der Waals surface area contributed by atoms with Gasteiger partial charge in [-0.2, -0.15) is 0 Å². The predicted molar refractivity (Wildman–Crippen MR) is 102 cm³/mol. The number of nitrogens with two attached hydrogens (primary N) is 1. The van der Waals surface area contributed by atoms with E-state index in [0.29, 0.717) is 24.3 Å². The van der Waals surface area contributed by atoms with E-state index in [9.17, 15) is 19.2 Å². The fraction of sp³-hybridized carbons (Fsp3) is 0.444. The van der Waals surface area contributed by atoms with E-state index in [1.165, 1.54) is 12.1 Å².